The van der Waals surface area contributed by atoms with E-state index in [1.807, 2.05) is 65.6 Å². The number of fused-ring (bicyclic) bond motifs is 1. The van der Waals surface area contributed by atoms with Crippen LogP contribution in [-0.2, 0) is 13.1 Å². The summed E-state index contributed by atoms with van der Waals surface area (Å²) in [5, 5.41) is 2.32. The molecule has 0 bridgehead atoms. The van der Waals surface area contributed by atoms with E-state index in [0.29, 0.717) is 24.4 Å². The number of amides is 1. The second-order valence-corrected chi connectivity index (χ2v) is 7.38. The van der Waals surface area contributed by atoms with Crippen LogP contribution in [0.2, 0.25) is 0 Å². The lowest BCUT2D eigenvalue weighted by Gasteiger charge is -2.24. The van der Waals surface area contributed by atoms with Gasteiger partial charge in [-0.1, -0.05) is 60.7 Å². The van der Waals surface area contributed by atoms with E-state index in [9.17, 15) is 4.79 Å². The fourth-order valence-corrected chi connectivity index (χ4v) is 3.73. The van der Waals surface area contributed by atoms with Crippen molar-refractivity contribution in [1.29, 1.82) is 0 Å². The molecule has 4 rings (SSSR count). The minimum Gasteiger partial charge on any atom is -0.497 e. The number of ether oxygens (including phenoxy) is 2. The van der Waals surface area contributed by atoms with Crippen LogP contribution in [0.1, 0.15) is 21.5 Å². The van der Waals surface area contributed by atoms with Gasteiger partial charge >= 0.3 is 0 Å². The van der Waals surface area contributed by atoms with Gasteiger partial charge in [0.15, 0.2) is 0 Å². The molecule has 0 aliphatic heterocycles. The first kappa shape index (κ1) is 20.5. The first-order valence-corrected chi connectivity index (χ1v) is 10.2. The SMILES string of the molecule is COc1ccc(CN(Cc2cccc3ccccc23)C(=O)c2cccc(OC)c2)cc1. The van der Waals surface area contributed by atoms with E-state index in [-0.39, 0.29) is 5.91 Å². The van der Waals surface area contributed by atoms with Crippen molar-refractivity contribution in [2.45, 2.75) is 13.1 Å². The van der Waals surface area contributed by atoms with E-state index in [0.717, 1.165) is 22.3 Å². The maximum absolute atomic E-state index is 13.5. The van der Waals surface area contributed by atoms with E-state index in [1.165, 1.54) is 5.39 Å². The lowest BCUT2D eigenvalue weighted by molar-refractivity contribution is 0.0730. The van der Waals surface area contributed by atoms with Crippen molar-refractivity contribution in [1.82, 2.24) is 4.90 Å². The Kier molecular flexibility index (Phi) is 6.18. The van der Waals surface area contributed by atoms with Crippen molar-refractivity contribution in [2.24, 2.45) is 0 Å². The van der Waals surface area contributed by atoms with Crippen molar-refractivity contribution in [3.63, 3.8) is 0 Å². The standard InChI is InChI=1S/C27H25NO3/c1-30-24-15-13-20(14-16-24)18-28(27(29)22-9-6-11-25(17-22)31-2)19-23-10-5-8-21-7-3-4-12-26(21)23/h3-17H,18-19H2,1-2H3. The van der Waals surface area contributed by atoms with Gasteiger partial charge in [-0.15, -0.1) is 0 Å². The topological polar surface area (TPSA) is 38.8 Å². The van der Waals surface area contributed by atoms with Gasteiger partial charge in [-0.05, 0) is 52.2 Å². The fraction of sp³-hybridized carbons (Fsp3) is 0.148. The zero-order valence-corrected chi connectivity index (χ0v) is 17.7. The molecule has 0 spiro atoms. The van der Waals surface area contributed by atoms with Crippen LogP contribution in [0.5, 0.6) is 11.5 Å². The van der Waals surface area contributed by atoms with E-state index in [1.54, 1.807) is 20.3 Å². The van der Waals surface area contributed by atoms with Crippen LogP contribution in [0.25, 0.3) is 10.8 Å². The number of hydrogen-bond acceptors (Lipinski definition) is 3. The summed E-state index contributed by atoms with van der Waals surface area (Å²) in [5.41, 5.74) is 2.76. The van der Waals surface area contributed by atoms with Crippen LogP contribution in [0.15, 0.2) is 91.0 Å². The highest BCUT2D eigenvalue weighted by molar-refractivity contribution is 5.95. The number of nitrogens with zero attached hydrogens (tertiary/aromatic N) is 1. The first-order chi connectivity index (χ1) is 15.2. The van der Waals surface area contributed by atoms with E-state index in [4.69, 9.17) is 9.47 Å². The Morgan fingerprint density at radius 1 is 0.742 bits per heavy atom. The molecule has 0 N–H and O–H groups in total. The molecule has 4 nitrogen and oxygen atoms in total. The quantitative estimate of drug-likeness (QED) is 0.392. The smallest absolute Gasteiger partial charge is 0.254 e. The molecule has 0 unspecified atom stereocenters. The van der Waals surface area contributed by atoms with E-state index in [2.05, 4.69) is 24.3 Å². The average molecular weight is 412 g/mol. The maximum atomic E-state index is 13.5. The van der Waals surface area contributed by atoms with Crippen molar-refractivity contribution >= 4 is 16.7 Å². The van der Waals surface area contributed by atoms with Gasteiger partial charge in [0.05, 0.1) is 14.2 Å². The van der Waals surface area contributed by atoms with Crippen LogP contribution in [0, 0.1) is 0 Å². The van der Waals surface area contributed by atoms with Gasteiger partial charge < -0.3 is 14.4 Å². The van der Waals surface area contributed by atoms with E-state index < -0.39 is 0 Å². The summed E-state index contributed by atoms with van der Waals surface area (Å²) in [7, 11) is 3.25. The first-order valence-electron chi connectivity index (χ1n) is 10.2. The van der Waals surface area contributed by atoms with Gasteiger partial charge in [-0.25, -0.2) is 0 Å². The summed E-state index contributed by atoms with van der Waals surface area (Å²) in [6.07, 6.45) is 0. The molecule has 0 heterocycles. The molecule has 0 atom stereocenters. The third kappa shape index (κ3) is 4.69. The highest BCUT2D eigenvalue weighted by atomic mass is 16.5. The van der Waals surface area contributed by atoms with Crippen LogP contribution < -0.4 is 9.47 Å². The molecule has 0 aliphatic rings. The van der Waals surface area contributed by atoms with Gasteiger partial charge in [0.1, 0.15) is 11.5 Å². The molecule has 4 aromatic carbocycles. The molecule has 0 aromatic heterocycles. The summed E-state index contributed by atoms with van der Waals surface area (Å²) in [5.74, 6) is 1.42. The van der Waals surface area contributed by atoms with E-state index >= 15 is 0 Å². The molecule has 1 amide bonds. The molecule has 31 heavy (non-hydrogen) atoms. The monoisotopic (exact) mass is 411 g/mol. The summed E-state index contributed by atoms with van der Waals surface area (Å²) in [4.78, 5) is 15.4. The predicted octanol–water partition coefficient (Wildman–Crippen LogP) is 5.70. The Balaban J connectivity index is 1.69. The van der Waals surface area contributed by atoms with Crippen molar-refractivity contribution in [3.8, 4) is 11.5 Å². The van der Waals surface area contributed by atoms with Crippen LogP contribution in [-0.4, -0.2) is 25.0 Å². The van der Waals surface area contributed by atoms with Crippen LogP contribution in [0.4, 0.5) is 0 Å². The Hall–Kier alpha value is -3.79. The molecule has 4 heteroatoms. The van der Waals surface area contributed by atoms with Gasteiger partial charge in [0.2, 0.25) is 0 Å². The zero-order chi connectivity index (χ0) is 21.6. The molecule has 156 valence electrons. The fourth-order valence-electron chi connectivity index (χ4n) is 3.73. The maximum Gasteiger partial charge on any atom is 0.254 e. The van der Waals surface area contributed by atoms with Crippen molar-refractivity contribution in [2.75, 3.05) is 14.2 Å². The molecular formula is C27H25NO3. The minimum atomic E-state index is -0.0392. The third-order valence-corrected chi connectivity index (χ3v) is 5.38. The van der Waals surface area contributed by atoms with Crippen LogP contribution in [0.3, 0.4) is 0 Å². The lowest BCUT2D eigenvalue weighted by Crippen LogP contribution is -2.30. The van der Waals surface area contributed by atoms with Crippen molar-refractivity contribution < 1.29 is 14.3 Å². The van der Waals surface area contributed by atoms with Crippen LogP contribution >= 0.6 is 0 Å². The summed E-state index contributed by atoms with van der Waals surface area (Å²) in [6, 6.07) is 29.6. The summed E-state index contributed by atoms with van der Waals surface area (Å²) in [6.45, 7) is 0.993. The molecule has 0 saturated carbocycles. The number of carbonyl (C=O) groups excluding carboxylic acids is 1. The molecular weight excluding hydrogens is 386 g/mol. The Bertz CT molecular complexity index is 1180. The number of hydrogen-bond donors (Lipinski definition) is 0. The predicted molar refractivity (Wildman–Crippen MR) is 124 cm³/mol. The highest BCUT2D eigenvalue weighted by Crippen LogP contribution is 2.23. The average Bonchev–Trinajstić information content (AvgIpc) is 2.84. The molecule has 0 saturated heterocycles. The second kappa shape index (κ2) is 9.35. The molecule has 0 aliphatic carbocycles. The second-order valence-electron chi connectivity index (χ2n) is 7.38. The van der Waals surface area contributed by atoms with Gasteiger partial charge in [-0.2, -0.15) is 0 Å². The Morgan fingerprint density at radius 2 is 1.45 bits per heavy atom. The number of benzene rings is 4. The number of methoxy groups -OCH3 is 2. The number of rotatable bonds is 7. The Morgan fingerprint density at radius 3 is 2.23 bits per heavy atom. The largest absolute Gasteiger partial charge is 0.497 e. The lowest BCUT2D eigenvalue weighted by atomic mass is 10.0. The van der Waals surface area contributed by atoms with Crippen molar-refractivity contribution in [3.05, 3.63) is 108 Å². The zero-order valence-electron chi connectivity index (χ0n) is 17.7. The molecule has 0 fully saturated rings. The normalized spacial score (nSPS) is 10.6. The van der Waals surface area contributed by atoms with Gasteiger partial charge in [0, 0.05) is 18.7 Å². The van der Waals surface area contributed by atoms with Gasteiger partial charge in [0.25, 0.3) is 5.91 Å². The van der Waals surface area contributed by atoms with Gasteiger partial charge in [-0.3, -0.25) is 4.79 Å². The Labute approximate surface area is 182 Å². The number of carbonyl (C=O) groups is 1. The minimum absolute atomic E-state index is 0.0392. The molecule has 4 aromatic rings. The highest BCUT2D eigenvalue weighted by Gasteiger charge is 2.18. The molecule has 0 radical (unpaired) electrons. The third-order valence-electron chi connectivity index (χ3n) is 5.38. The summed E-state index contributed by atoms with van der Waals surface area (Å²) < 4.78 is 10.6. The summed E-state index contributed by atoms with van der Waals surface area (Å²) >= 11 is 0.